The van der Waals surface area contributed by atoms with Crippen LogP contribution < -0.4 is 5.32 Å². The second kappa shape index (κ2) is 8.53. The first-order chi connectivity index (χ1) is 16.2. The topological polar surface area (TPSA) is 12.0 Å². The molecule has 2 unspecified atom stereocenters. The highest BCUT2D eigenvalue weighted by molar-refractivity contribution is 7.20. The Morgan fingerprint density at radius 2 is 1.70 bits per heavy atom. The first-order valence-electron chi connectivity index (χ1n) is 11.8. The molecule has 1 N–H and O–H groups in total. The third-order valence-corrected chi connectivity index (χ3v) is 7.87. The number of nitrogens with one attached hydrogen (secondary N) is 1. The Bertz CT molecular complexity index is 1390. The number of allylic oxidation sites excluding steroid dienone is 5. The number of fused-ring (bicyclic) bond motifs is 3. The van der Waals surface area contributed by atoms with Crippen LogP contribution in [-0.4, -0.2) is 0 Å². The highest BCUT2D eigenvalue weighted by atomic mass is 32.1. The van der Waals surface area contributed by atoms with E-state index in [1.165, 1.54) is 42.9 Å². The van der Waals surface area contributed by atoms with Crippen molar-refractivity contribution < 1.29 is 0 Å². The number of thiophene rings is 1. The van der Waals surface area contributed by atoms with Gasteiger partial charge in [-0.2, -0.15) is 0 Å². The fourth-order valence-corrected chi connectivity index (χ4v) is 6.21. The van der Waals surface area contributed by atoms with E-state index < -0.39 is 0 Å². The van der Waals surface area contributed by atoms with E-state index in [0.29, 0.717) is 11.8 Å². The van der Waals surface area contributed by atoms with E-state index >= 15 is 0 Å². The van der Waals surface area contributed by atoms with Gasteiger partial charge in [0.05, 0.1) is 0 Å². The molecule has 0 amide bonds. The van der Waals surface area contributed by atoms with Gasteiger partial charge in [-0.05, 0) is 71.4 Å². The third kappa shape index (κ3) is 3.96. The summed E-state index contributed by atoms with van der Waals surface area (Å²) in [7, 11) is 0. The van der Waals surface area contributed by atoms with E-state index in [1.807, 2.05) is 11.3 Å². The molecular formula is C31H27NS. The molecule has 0 aliphatic heterocycles. The number of hydrogen-bond donors (Lipinski definition) is 1. The minimum absolute atomic E-state index is 0.439. The minimum Gasteiger partial charge on any atom is -0.355 e. The van der Waals surface area contributed by atoms with Crippen LogP contribution >= 0.6 is 11.3 Å². The summed E-state index contributed by atoms with van der Waals surface area (Å²) < 4.78 is 1.39. The summed E-state index contributed by atoms with van der Waals surface area (Å²) in [5.74, 6) is 1.02. The normalized spacial score (nSPS) is 19.1. The lowest BCUT2D eigenvalue weighted by molar-refractivity contribution is 0.724. The van der Waals surface area contributed by atoms with Gasteiger partial charge >= 0.3 is 0 Å². The van der Waals surface area contributed by atoms with Crippen molar-refractivity contribution in [3.8, 4) is 11.1 Å². The Hall–Kier alpha value is -3.36. The zero-order valence-electron chi connectivity index (χ0n) is 18.8. The van der Waals surface area contributed by atoms with E-state index in [0.717, 1.165) is 18.5 Å². The predicted octanol–water partition coefficient (Wildman–Crippen LogP) is 9.12. The number of rotatable bonds is 4. The van der Waals surface area contributed by atoms with Crippen molar-refractivity contribution in [2.45, 2.75) is 25.7 Å². The van der Waals surface area contributed by atoms with Gasteiger partial charge in [0.15, 0.2) is 0 Å². The van der Waals surface area contributed by atoms with Gasteiger partial charge < -0.3 is 5.32 Å². The molecule has 1 heterocycles. The van der Waals surface area contributed by atoms with Crippen molar-refractivity contribution in [3.63, 3.8) is 0 Å². The van der Waals surface area contributed by atoms with Gasteiger partial charge in [0.1, 0.15) is 0 Å². The van der Waals surface area contributed by atoms with Crippen LogP contribution in [0.3, 0.4) is 0 Å². The molecule has 2 heteroatoms. The molecule has 2 atom stereocenters. The Balaban J connectivity index is 1.42. The Morgan fingerprint density at radius 3 is 2.48 bits per heavy atom. The molecule has 0 saturated heterocycles. The summed E-state index contributed by atoms with van der Waals surface area (Å²) in [6.07, 6.45) is 15.8. The lowest BCUT2D eigenvalue weighted by Crippen LogP contribution is -2.03. The average Bonchev–Trinajstić information content (AvgIpc) is 3.23. The van der Waals surface area contributed by atoms with Gasteiger partial charge in [-0.15, -0.1) is 11.3 Å². The summed E-state index contributed by atoms with van der Waals surface area (Å²) in [5.41, 5.74) is 7.75. The summed E-state index contributed by atoms with van der Waals surface area (Å²) in [5, 5.41) is 5.20. The summed E-state index contributed by atoms with van der Waals surface area (Å²) in [4.78, 5) is 1.42. The maximum Gasteiger partial charge on any atom is 0.0478 e. The zero-order chi connectivity index (χ0) is 22.2. The first kappa shape index (κ1) is 20.3. The number of anilines is 2. The van der Waals surface area contributed by atoms with Crippen molar-refractivity contribution in [1.29, 1.82) is 0 Å². The molecule has 0 bridgehead atoms. The van der Waals surface area contributed by atoms with Crippen LogP contribution in [0.5, 0.6) is 0 Å². The molecule has 0 radical (unpaired) electrons. The van der Waals surface area contributed by atoms with Gasteiger partial charge in [-0.3, -0.25) is 0 Å². The van der Waals surface area contributed by atoms with Crippen LogP contribution in [0.25, 0.3) is 27.3 Å². The molecule has 162 valence electrons. The molecule has 1 aromatic heterocycles. The van der Waals surface area contributed by atoms with Gasteiger partial charge in [0, 0.05) is 32.3 Å². The third-order valence-electron chi connectivity index (χ3n) is 6.73. The molecule has 1 nitrogen and oxygen atoms in total. The first-order valence-corrected chi connectivity index (χ1v) is 12.6. The standard InChI is InChI=1S/C31H27NS/c1-21-12-17-29-27(18-21)31-28(19-25(20-30(31)33-29)23-10-6-3-7-11-23)32-26-15-13-24(14-16-26)22-8-4-2-5-9-22/h2-10,12-17,19-21,23,32H,11,18H2,1H3. The fourth-order valence-electron chi connectivity index (χ4n) is 4.98. The molecular weight excluding hydrogens is 418 g/mol. The summed E-state index contributed by atoms with van der Waals surface area (Å²) >= 11 is 1.94. The highest BCUT2D eigenvalue weighted by Crippen LogP contribution is 2.44. The van der Waals surface area contributed by atoms with Crippen LogP contribution in [0.1, 0.15) is 35.3 Å². The molecule has 0 fully saturated rings. The van der Waals surface area contributed by atoms with Crippen LogP contribution in [-0.2, 0) is 6.42 Å². The maximum absolute atomic E-state index is 3.80. The lowest BCUT2D eigenvalue weighted by Gasteiger charge is -2.18. The van der Waals surface area contributed by atoms with Gasteiger partial charge in [0.2, 0.25) is 0 Å². The maximum atomic E-state index is 3.80. The smallest absolute Gasteiger partial charge is 0.0478 e. The van der Waals surface area contributed by atoms with Crippen LogP contribution in [0.2, 0.25) is 0 Å². The van der Waals surface area contributed by atoms with Crippen LogP contribution in [0.4, 0.5) is 11.4 Å². The molecule has 3 aromatic carbocycles. The van der Waals surface area contributed by atoms with E-state index in [9.17, 15) is 0 Å². The molecule has 0 spiro atoms. The van der Waals surface area contributed by atoms with Crippen molar-refractivity contribution in [3.05, 3.63) is 113 Å². The SMILES string of the molecule is CC1C=Cc2sc3cc(C4C=CC=CC4)cc(Nc4ccc(-c5ccccc5)cc4)c3c2C1. The molecule has 2 aliphatic rings. The lowest BCUT2D eigenvalue weighted by atomic mass is 9.89. The zero-order valence-corrected chi connectivity index (χ0v) is 19.6. The van der Waals surface area contributed by atoms with Crippen molar-refractivity contribution in [2.75, 3.05) is 5.32 Å². The van der Waals surface area contributed by atoms with E-state index in [2.05, 4.69) is 115 Å². The van der Waals surface area contributed by atoms with Gasteiger partial charge in [-0.25, -0.2) is 0 Å². The monoisotopic (exact) mass is 445 g/mol. The molecule has 4 aromatic rings. The molecule has 2 aliphatic carbocycles. The molecule has 0 saturated carbocycles. The Labute approximate surface area is 199 Å². The van der Waals surface area contributed by atoms with E-state index in [-0.39, 0.29) is 0 Å². The number of hydrogen-bond acceptors (Lipinski definition) is 2. The van der Waals surface area contributed by atoms with Crippen molar-refractivity contribution in [2.24, 2.45) is 5.92 Å². The minimum atomic E-state index is 0.439. The summed E-state index contributed by atoms with van der Waals surface area (Å²) in [6.45, 7) is 2.31. The van der Waals surface area contributed by atoms with Crippen LogP contribution in [0.15, 0.2) is 97.1 Å². The second-order valence-electron chi connectivity index (χ2n) is 9.15. The van der Waals surface area contributed by atoms with Crippen molar-refractivity contribution in [1.82, 2.24) is 0 Å². The number of benzene rings is 3. The van der Waals surface area contributed by atoms with Crippen LogP contribution in [0, 0.1) is 5.92 Å². The Morgan fingerprint density at radius 1 is 0.879 bits per heavy atom. The van der Waals surface area contributed by atoms with Gasteiger partial charge in [-0.1, -0.05) is 79.8 Å². The Kier molecular flexibility index (Phi) is 5.24. The fraction of sp³-hybridized carbons (Fsp3) is 0.161. The molecule has 33 heavy (non-hydrogen) atoms. The van der Waals surface area contributed by atoms with E-state index in [1.54, 1.807) is 0 Å². The largest absolute Gasteiger partial charge is 0.355 e. The van der Waals surface area contributed by atoms with Gasteiger partial charge in [0.25, 0.3) is 0 Å². The van der Waals surface area contributed by atoms with Crippen molar-refractivity contribution >= 4 is 38.9 Å². The second-order valence-corrected chi connectivity index (χ2v) is 10.2. The predicted molar refractivity (Wildman–Crippen MR) is 145 cm³/mol. The average molecular weight is 446 g/mol. The summed E-state index contributed by atoms with van der Waals surface area (Å²) in [6, 6.07) is 24.2. The molecule has 6 rings (SSSR count). The highest BCUT2D eigenvalue weighted by Gasteiger charge is 2.21. The van der Waals surface area contributed by atoms with E-state index in [4.69, 9.17) is 0 Å². The quantitative estimate of drug-likeness (QED) is 0.330.